The van der Waals surface area contributed by atoms with Crippen molar-refractivity contribution in [2.45, 2.75) is 50.5 Å². The fourth-order valence-corrected chi connectivity index (χ4v) is 3.69. The van der Waals surface area contributed by atoms with Crippen LogP contribution in [0.5, 0.6) is 0 Å². The standard InChI is InChI=1S/C15H20FN/c1-10(17)8-12-3-2-11-9-13(16)4-5-14(11)15(12)6-7-15/h4-5,9-10,12H,2-3,6-8,17H2,1H3. The Bertz CT molecular complexity index is 435. The van der Waals surface area contributed by atoms with Gasteiger partial charge in [-0.15, -0.1) is 0 Å². The van der Waals surface area contributed by atoms with Gasteiger partial charge in [0, 0.05) is 6.04 Å². The molecule has 1 fully saturated rings. The molecule has 0 amide bonds. The zero-order valence-corrected chi connectivity index (χ0v) is 10.4. The second-order valence-corrected chi connectivity index (χ2v) is 5.91. The van der Waals surface area contributed by atoms with Gasteiger partial charge in [0.2, 0.25) is 0 Å². The van der Waals surface area contributed by atoms with Crippen LogP contribution in [0.2, 0.25) is 0 Å². The molecule has 2 aliphatic carbocycles. The van der Waals surface area contributed by atoms with Crippen LogP contribution >= 0.6 is 0 Å². The minimum Gasteiger partial charge on any atom is -0.328 e. The van der Waals surface area contributed by atoms with Crippen molar-refractivity contribution in [2.75, 3.05) is 0 Å². The van der Waals surface area contributed by atoms with Crippen molar-refractivity contribution in [3.05, 3.63) is 35.1 Å². The molecule has 1 nitrogen and oxygen atoms in total. The van der Waals surface area contributed by atoms with E-state index >= 15 is 0 Å². The largest absolute Gasteiger partial charge is 0.328 e. The number of halogens is 1. The number of aryl methyl sites for hydroxylation is 1. The SMILES string of the molecule is CC(N)CC1CCc2cc(F)ccc2C12CC2. The van der Waals surface area contributed by atoms with Crippen LogP contribution in [-0.4, -0.2) is 6.04 Å². The Hall–Kier alpha value is -0.890. The predicted molar refractivity (Wildman–Crippen MR) is 67.4 cm³/mol. The third-order valence-electron chi connectivity index (χ3n) is 4.59. The van der Waals surface area contributed by atoms with Gasteiger partial charge in [-0.1, -0.05) is 6.07 Å². The van der Waals surface area contributed by atoms with E-state index in [0.29, 0.717) is 11.3 Å². The molecular formula is C15H20FN. The zero-order chi connectivity index (χ0) is 12.0. The molecule has 0 bridgehead atoms. The van der Waals surface area contributed by atoms with Gasteiger partial charge >= 0.3 is 0 Å². The molecule has 0 aromatic heterocycles. The van der Waals surface area contributed by atoms with Crippen LogP contribution in [0.3, 0.4) is 0 Å². The smallest absolute Gasteiger partial charge is 0.123 e. The van der Waals surface area contributed by atoms with Crippen LogP contribution in [0.15, 0.2) is 18.2 Å². The summed E-state index contributed by atoms with van der Waals surface area (Å²) >= 11 is 0. The van der Waals surface area contributed by atoms with Crippen LogP contribution in [-0.2, 0) is 11.8 Å². The van der Waals surface area contributed by atoms with Gasteiger partial charge in [0.1, 0.15) is 5.82 Å². The highest BCUT2D eigenvalue weighted by Crippen LogP contribution is 2.59. The summed E-state index contributed by atoms with van der Waals surface area (Å²) in [5, 5.41) is 0. The van der Waals surface area contributed by atoms with Gasteiger partial charge in [-0.05, 0) is 73.6 Å². The summed E-state index contributed by atoms with van der Waals surface area (Å²) in [4.78, 5) is 0. The quantitative estimate of drug-likeness (QED) is 0.834. The average Bonchev–Trinajstić information content (AvgIpc) is 3.03. The molecule has 0 aliphatic heterocycles. The lowest BCUT2D eigenvalue weighted by molar-refractivity contribution is 0.312. The molecule has 2 unspecified atom stereocenters. The minimum absolute atomic E-state index is 0.0924. The van der Waals surface area contributed by atoms with Gasteiger partial charge in [0.25, 0.3) is 0 Å². The van der Waals surface area contributed by atoms with Crippen molar-refractivity contribution >= 4 is 0 Å². The molecular weight excluding hydrogens is 213 g/mol. The molecule has 0 saturated heterocycles. The van der Waals surface area contributed by atoms with E-state index in [1.54, 1.807) is 12.1 Å². The molecule has 1 saturated carbocycles. The van der Waals surface area contributed by atoms with Crippen molar-refractivity contribution in [1.29, 1.82) is 0 Å². The van der Waals surface area contributed by atoms with Crippen LogP contribution in [0, 0.1) is 11.7 Å². The number of benzene rings is 1. The first kappa shape index (κ1) is 11.2. The molecule has 2 aliphatic rings. The van der Waals surface area contributed by atoms with Gasteiger partial charge in [-0.3, -0.25) is 0 Å². The second-order valence-electron chi connectivity index (χ2n) is 5.91. The summed E-state index contributed by atoms with van der Waals surface area (Å²) in [6.45, 7) is 2.09. The van der Waals surface area contributed by atoms with Crippen LogP contribution < -0.4 is 5.73 Å². The third kappa shape index (κ3) is 1.79. The summed E-state index contributed by atoms with van der Waals surface area (Å²) in [6, 6.07) is 5.65. The highest BCUT2D eigenvalue weighted by Gasteiger charge is 2.52. The van der Waals surface area contributed by atoms with Crippen molar-refractivity contribution in [2.24, 2.45) is 11.7 Å². The Morgan fingerprint density at radius 2 is 2.24 bits per heavy atom. The van der Waals surface area contributed by atoms with Crippen molar-refractivity contribution in [1.82, 2.24) is 0 Å². The Labute approximate surface area is 102 Å². The lowest BCUT2D eigenvalue weighted by atomic mass is 9.70. The lowest BCUT2D eigenvalue weighted by Crippen LogP contribution is -2.32. The lowest BCUT2D eigenvalue weighted by Gasteiger charge is -2.35. The molecule has 17 heavy (non-hydrogen) atoms. The molecule has 1 spiro atoms. The predicted octanol–water partition coefficient (Wildman–Crippen LogP) is 3.16. The number of fused-ring (bicyclic) bond motifs is 2. The summed E-state index contributed by atoms with van der Waals surface area (Å²) in [7, 11) is 0. The molecule has 2 N–H and O–H groups in total. The van der Waals surface area contributed by atoms with Crippen molar-refractivity contribution < 1.29 is 4.39 Å². The molecule has 0 radical (unpaired) electrons. The van der Waals surface area contributed by atoms with E-state index in [2.05, 4.69) is 6.92 Å². The average molecular weight is 233 g/mol. The zero-order valence-electron chi connectivity index (χ0n) is 10.4. The van der Waals surface area contributed by atoms with E-state index in [9.17, 15) is 4.39 Å². The maximum atomic E-state index is 13.3. The van der Waals surface area contributed by atoms with E-state index in [1.165, 1.54) is 30.4 Å². The van der Waals surface area contributed by atoms with E-state index in [0.717, 1.165) is 12.8 Å². The summed E-state index contributed by atoms with van der Waals surface area (Å²) in [5.41, 5.74) is 8.96. The Balaban J connectivity index is 1.95. The Morgan fingerprint density at radius 3 is 2.88 bits per heavy atom. The molecule has 2 atom stereocenters. The van der Waals surface area contributed by atoms with E-state index in [4.69, 9.17) is 5.73 Å². The minimum atomic E-state index is -0.0924. The van der Waals surface area contributed by atoms with Gasteiger partial charge < -0.3 is 5.73 Å². The summed E-state index contributed by atoms with van der Waals surface area (Å²) < 4.78 is 13.3. The third-order valence-corrected chi connectivity index (χ3v) is 4.59. The Kier molecular flexibility index (Phi) is 2.51. The van der Waals surface area contributed by atoms with E-state index in [1.807, 2.05) is 6.07 Å². The number of hydrogen-bond donors (Lipinski definition) is 1. The summed E-state index contributed by atoms with van der Waals surface area (Å²) in [6.07, 6.45) is 5.84. The van der Waals surface area contributed by atoms with Crippen LogP contribution in [0.1, 0.15) is 43.7 Å². The van der Waals surface area contributed by atoms with Gasteiger partial charge in [0.15, 0.2) is 0 Å². The van der Waals surface area contributed by atoms with Crippen molar-refractivity contribution in [3.63, 3.8) is 0 Å². The van der Waals surface area contributed by atoms with Crippen molar-refractivity contribution in [3.8, 4) is 0 Å². The second kappa shape index (κ2) is 3.81. The molecule has 1 aromatic rings. The molecule has 2 heteroatoms. The highest BCUT2D eigenvalue weighted by atomic mass is 19.1. The van der Waals surface area contributed by atoms with Gasteiger partial charge in [0.05, 0.1) is 0 Å². The van der Waals surface area contributed by atoms with Crippen LogP contribution in [0.25, 0.3) is 0 Å². The summed E-state index contributed by atoms with van der Waals surface area (Å²) in [5.74, 6) is 0.616. The number of rotatable bonds is 2. The maximum Gasteiger partial charge on any atom is 0.123 e. The van der Waals surface area contributed by atoms with Gasteiger partial charge in [-0.2, -0.15) is 0 Å². The van der Waals surface area contributed by atoms with Gasteiger partial charge in [-0.25, -0.2) is 4.39 Å². The molecule has 92 valence electrons. The Morgan fingerprint density at radius 1 is 1.47 bits per heavy atom. The van der Waals surface area contributed by atoms with Crippen LogP contribution in [0.4, 0.5) is 4.39 Å². The number of hydrogen-bond acceptors (Lipinski definition) is 1. The van der Waals surface area contributed by atoms with E-state index < -0.39 is 0 Å². The van der Waals surface area contributed by atoms with E-state index in [-0.39, 0.29) is 11.9 Å². The first-order chi connectivity index (χ1) is 8.12. The molecule has 1 aromatic carbocycles. The monoisotopic (exact) mass is 233 g/mol. The first-order valence-electron chi connectivity index (χ1n) is 6.66. The first-order valence-corrected chi connectivity index (χ1v) is 6.66. The fraction of sp³-hybridized carbons (Fsp3) is 0.600. The molecule has 0 heterocycles. The molecule has 3 rings (SSSR count). The number of nitrogens with two attached hydrogens (primary N) is 1. The fourth-order valence-electron chi connectivity index (χ4n) is 3.69. The normalized spacial score (nSPS) is 26.6. The highest BCUT2D eigenvalue weighted by molar-refractivity contribution is 5.42. The maximum absolute atomic E-state index is 13.3. The topological polar surface area (TPSA) is 26.0 Å².